The number of halogens is 2. The number of carbonyl (C=O) groups excluding carboxylic acids is 1. The van der Waals surface area contributed by atoms with Crippen LogP contribution in [0.5, 0.6) is 0 Å². The Balaban J connectivity index is 1.49. The maximum absolute atomic E-state index is 11.7. The summed E-state index contributed by atoms with van der Waals surface area (Å²) in [4.78, 5) is 25.9. The minimum atomic E-state index is -0.331. The minimum Gasteiger partial charge on any atom is -0.393 e. The topological polar surface area (TPSA) is 131 Å². The molecule has 0 saturated heterocycles. The van der Waals surface area contributed by atoms with Crippen LogP contribution in [0.2, 0.25) is 10.0 Å². The van der Waals surface area contributed by atoms with E-state index in [1.54, 1.807) is 24.4 Å². The molecule has 2 fully saturated rings. The smallest absolute Gasteiger partial charge is 0.224 e. The van der Waals surface area contributed by atoms with Gasteiger partial charge in [0.2, 0.25) is 17.8 Å². The monoisotopic (exact) mass is 531 g/mol. The van der Waals surface area contributed by atoms with Crippen molar-refractivity contribution in [3.63, 3.8) is 0 Å². The third-order valence-corrected chi connectivity index (χ3v) is 8.21. The Kier molecular flexibility index (Phi) is 7.23. The van der Waals surface area contributed by atoms with Crippen LogP contribution in [0.15, 0.2) is 24.4 Å². The van der Waals surface area contributed by atoms with E-state index in [-0.39, 0.29) is 30.0 Å². The quantitative estimate of drug-likeness (QED) is 0.349. The van der Waals surface area contributed by atoms with Gasteiger partial charge in [-0.1, -0.05) is 36.2 Å². The van der Waals surface area contributed by atoms with Crippen LogP contribution in [0.3, 0.4) is 0 Å². The first-order valence-corrected chi connectivity index (χ1v) is 13.3. The first-order valence-electron chi connectivity index (χ1n) is 12.5. The third-order valence-electron chi connectivity index (χ3n) is 7.58. The summed E-state index contributed by atoms with van der Waals surface area (Å²) in [6.45, 7) is 2.08. The van der Waals surface area contributed by atoms with Crippen molar-refractivity contribution in [3.05, 3.63) is 34.4 Å². The van der Waals surface area contributed by atoms with Crippen LogP contribution in [0.25, 0.3) is 11.2 Å². The van der Waals surface area contributed by atoms with Gasteiger partial charge in [0, 0.05) is 18.0 Å². The predicted molar refractivity (Wildman–Crippen MR) is 142 cm³/mol. The molecule has 9 nitrogen and oxygen atoms in total. The number of imidazole rings is 1. The molecule has 1 aromatic carbocycles. The van der Waals surface area contributed by atoms with E-state index in [0.29, 0.717) is 64.0 Å². The Bertz CT molecular complexity index is 1240. The van der Waals surface area contributed by atoms with Crippen molar-refractivity contribution >= 4 is 57.9 Å². The molecule has 11 heteroatoms. The van der Waals surface area contributed by atoms with Gasteiger partial charge in [0.1, 0.15) is 5.52 Å². The van der Waals surface area contributed by atoms with Crippen LogP contribution in [0.4, 0.5) is 17.6 Å². The summed E-state index contributed by atoms with van der Waals surface area (Å²) in [5.41, 5.74) is 7.46. The molecule has 0 spiro atoms. The van der Waals surface area contributed by atoms with Crippen molar-refractivity contribution < 1.29 is 9.90 Å². The molecule has 192 valence electrons. The number of amides is 1. The SMILES string of the molecule is C[C@@H]1CC[C@@H](Nc2ncc3nc(Nc4c(Cl)cccc4Cl)n([C@H]4CC[C@H](C(N)=O)CC4)c3n2)C[C@H]1O. The molecule has 1 amide bonds. The maximum Gasteiger partial charge on any atom is 0.224 e. The van der Waals surface area contributed by atoms with Gasteiger partial charge in [0.15, 0.2) is 5.65 Å². The van der Waals surface area contributed by atoms with Crippen molar-refractivity contribution in [1.29, 1.82) is 0 Å². The fourth-order valence-electron chi connectivity index (χ4n) is 5.35. The fraction of sp³-hybridized carbons (Fsp3) is 0.520. The number of anilines is 3. The number of hydrogen-bond donors (Lipinski definition) is 4. The summed E-state index contributed by atoms with van der Waals surface area (Å²) in [5, 5.41) is 18.0. The molecule has 0 radical (unpaired) electrons. The second-order valence-electron chi connectivity index (χ2n) is 10.0. The average Bonchev–Trinajstić information content (AvgIpc) is 3.21. The Hall–Kier alpha value is -2.62. The highest BCUT2D eigenvalue weighted by Gasteiger charge is 2.30. The summed E-state index contributed by atoms with van der Waals surface area (Å²) in [5.74, 6) is 1.01. The van der Waals surface area contributed by atoms with Crippen molar-refractivity contribution in [3.8, 4) is 0 Å². The van der Waals surface area contributed by atoms with Crippen molar-refractivity contribution in [2.24, 2.45) is 17.6 Å². The lowest BCUT2D eigenvalue weighted by atomic mass is 9.85. The summed E-state index contributed by atoms with van der Waals surface area (Å²) >= 11 is 12.9. The number of fused-ring (bicyclic) bond motifs is 1. The predicted octanol–water partition coefficient (Wildman–Crippen LogP) is 5.05. The second kappa shape index (κ2) is 10.4. The number of nitrogens with two attached hydrogens (primary N) is 1. The van der Waals surface area contributed by atoms with Gasteiger partial charge in [-0.05, 0) is 63.0 Å². The molecule has 3 atom stereocenters. The molecule has 0 aliphatic heterocycles. The second-order valence-corrected chi connectivity index (χ2v) is 10.9. The number of para-hydroxylation sites is 1. The summed E-state index contributed by atoms with van der Waals surface area (Å²) in [6.07, 6.45) is 6.90. The van der Waals surface area contributed by atoms with Gasteiger partial charge in [-0.2, -0.15) is 4.98 Å². The normalized spacial score (nSPS) is 26.6. The fourth-order valence-corrected chi connectivity index (χ4v) is 5.85. The number of nitrogens with one attached hydrogen (secondary N) is 2. The number of primary amides is 1. The molecule has 0 unspecified atom stereocenters. The van der Waals surface area contributed by atoms with E-state index in [9.17, 15) is 9.90 Å². The number of rotatable bonds is 6. The van der Waals surface area contributed by atoms with Crippen LogP contribution >= 0.6 is 23.2 Å². The maximum atomic E-state index is 11.7. The first kappa shape index (κ1) is 25.0. The first-order chi connectivity index (χ1) is 17.3. The van der Waals surface area contributed by atoms with E-state index in [1.165, 1.54) is 0 Å². The third kappa shape index (κ3) is 5.10. The number of hydrogen-bond acceptors (Lipinski definition) is 7. The molecule has 2 aliphatic carbocycles. The van der Waals surface area contributed by atoms with Crippen LogP contribution in [0.1, 0.15) is 57.9 Å². The molecule has 3 aromatic rings. The van der Waals surface area contributed by atoms with E-state index in [2.05, 4.69) is 27.1 Å². The zero-order valence-electron chi connectivity index (χ0n) is 20.1. The standard InChI is InChI=1S/C25H31Cl2N7O2/c1-13-5-8-15(11-20(13)35)30-24-29-12-19-23(33-24)34(16-9-6-14(7-10-16)22(28)36)25(31-19)32-21-17(26)3-2-4-18(21)27/h2-4,12-16,20,35H,5-11H2,1H3,(H2,28,36)(H,31,32)(H,29,30,33)/t13-,14-,15-,16-,20-/m1/s1. The molecule has 5 rings (SSSR count). The highest BCUT2D eigenvalue weighted by atomic mass is 35.5. The van der Waals surface area contributed by atoms with Gasteiger partial charge in [-0.15, -0.1) is 0 Å². The molecule has 2 aromatic heterocycles. The van der Waals surface area contributed by atoms with Crippen molar-refractivity contribution in [2.75, 3.05) is 10.6 Å². The molecular formula is C25H31Cl2N7O2. The number of aliphatic hydroxyl groups excluding tert-OH is 1. The number of aromatic nitrogens is 4. The van der Waals surface area contributed by atoms with Gasteiger partial charge in [0.05, 0.1) is 28.0 Å². The van der Waals surface area contributed by atoms with Gasteiger partial charge >= 0.3 is 0 Å². The number of carbonyl (C=O) groups is 1. The van der Waals surface area contributed by atoms with Crippen LogP contribution in [0, 0.1) is 11.8 Å². The lowest BCUT2D eigenvalue weighted by Gasteiger charge is -2.31. The van der Waals surface area contributed by atoms with Gasteiger partial charge in [-0.25, -0.2) is 9.97 Å². The summed E-state index contributed by atoms with van der Waals surface area (Å²) in [6, 6.07) is 5.49. The van der Waals surface area contributed by atoms with E-state index >= 15 is 0 Å². The molecule has 36 heavy (non-hydrogen) atoms. The number of aliphatic hydroxyl groups is 1. The van der Waals surface area contributed by atoms with E-state index in [0.717, 1.165) is 25.7 Å². The van der Waals surface area contributed by atoms with Crippen LogP contribution < -0.4 is 16.4 Å². The average molecular weight is 532 g/mol. The zero-order chi connectivity index (χ0) is 25.4. The molecular weight excluding hydrogens is 501 g/mol. The Morgan fingerprint density at radius 1 is 1.11 bits per heavy atom. The summed E-state index contributed by atoms with van der Waals surface area (Å²) < 4.78 is 2.07. The molecule has 2 heterocycles. The Labute approximate surface area is 219 Å². The van der Waals surface area contributed by atoms with E-state index in [4.69, 9.17) is 38.9 Å². The van der Waals surface area contributed by atoms with Gasteiger partial charge < -0.3 is 21.5 Å². The van der Waals surface area contributed by atoms with Gasteiger partial charge in [0.25, 0.3) is 0 Å². The molecule has 2 saturated carbocycles. The Morgan fingerprint density at radius 3 is 2.50 bits per heavy atom. The number of benzene rings is 1. The number of nitrogens with zero attached hydrogens (tertiary/aromatic N) is 4. The highest BCUT2D eigenvalue weighted by molar-refractivity contribution is 6.39. The lowest BCUT2D eigenvalue weighted by molar-refractivity contribution is -0.122. The van der Waals surface area contributed by atoms with E-state index in [1.807, 2.05) is 0 Å². The van der Waals surface area contributed by atoms with Gasteiger partial charge in [-0.3, -0.25) is 9.36 Å². The Morgan fingerprint density at radius 2 is 1.83 bits per heavy atom. The van der Waals surface area contributed by atoms with Crippen molar-refractivity contribution in [1.82, 2.24) is 19.5 Å². The minimum absolute atomic E-state index is 0.0643. The highest BCUT2D eigenvalue weighted by Crippen LogP contribution is 2.39. The molecule has 0 bridgehead atoms. The van der Waals surface area contributed by atoms with Crippen LogP contribution in [-0.4, -0.2) is 42.7 Å². The molecule has 2 aliphatic rings. The largest absolute Gasteiger partial charge is 0.393 e. The molecule has 5 N–H and O–H groups in total. The lowest BCUT2D eigenvalue weighted by Crippen LogP contribution is -2.35. The van der Waals surface area contributed by atoms with Crippen LogP contribution in [-0.2, 0) is 4.79 Å². The van der Waals surface area contributed by atoms with Crippen molar-refractivity contribution in [2.45, 2.75) is 70.1 Å². The summed E-state index contributed by atoms with van der Waals surface area (Å²) in [7, 11) is 0. The van der Waals surface area contributed by atoms with E-state index < -0.39 is 0 Å². The zero-order valence-corrected chi connectivity index (χ0v) is 21.6.